The highest BCUT2D eigenvalue weighted by atomic mass is 79.9. The van der Waals surface area contributed by atoms with Crippen LogP contribution in [0.1, 0.15) is 5.56 Å². The second-order valence-electron chi connectivity index (χ2n) is 4.56. The molecule has 0 spiro atoms. The molecule has 0 aliphatic rings. The number of aromatic nitrogens is 2. The summed E-state index contributed by atoms with van der Waals surface area (Å²) in [7, 11) is 0. The van der Waals surface area contributed by atoms with Crippen LogP contribution in [0.3, 0.4) is 0 Å². The third kappa shape index (κ3) is 3.00. The first-order chi connectivity index (χ1) is 10.2. The highest BCUT2D eigenvalue weighted by Crippen LogP contribution is 2.26. The van der Waals surface area contributed by atoms with E-state index >= 15 is 0 Å². The Morgan fingerprint density at radius 2 is 1.81 bits per heavy atom. The molecule has 0 saturated carbocycles. The molecule has 5 heteroatoms. The van der Waals surface area contributed by atoms with E-state index in [0.29, 0.717) is 11.0 Å². The molecule has 0 radical (unpaired) electrons. The zero-order valence-corrected chi connectivity index (χ0v) is 14.0. The van der Waals surface area contributed by atoms with E-state index in [-0.39, 0.29) is 0 Å². The molecule has 0 saturated heterocycles. The molecule has 0 bridgehead atoms. The van der Waals surface area contributed by atoms with Gasteiger partial charge < -0.3 is 0 Å². The molecule has 2 aromatic carbocycles. The van der Waals surface area contributed by atoms with Crippen LogP contribution in [0.15, 0.2) is 59.2 Å². The van der Waals surface area contributed by atoms with Crippen LogP contribution in [0.25, 0.3) is 16.8 Å². The minimum atomic E-state index is 0.356. The predicted octanol–water partition coefficient (Wildman–Crippen LogP) is 5.69. The molecule has 1 aromatic heterocycles. The third-order valence-corrected chi connectivity index (χ3v) is 4.38. The first kappa shape index (κ1) is 14.6. The smallest absolute Gasteiger partial charge is 0.137 e. The fourth-order valence-electron chi connectivity index (χ4n) is 2.10. The minimum absolute atomic E-state index is 0.356. The molecule has 0 atom stereocenters. The van der Waals surface area contributed by atoms with E-state index in [2.05, 4.69) is 45.3 Å². The topological polar surface area (TPSA) is 17.8 Å². The third-order valence-electron chi connectivity index (χ3n) is 3.19. The van der Waals surface area contributed by atoms with Crippen LogP contribution in [-0.4, -0.2) is 9.78 Å². The highest BCUT2D eigenvalue weighted by Gasteiger charge is 2.09. The summed E-state index contributed by atoms with van der Waals surface area (Å²) in [5.74, 6) is 0.356. The van der Waals surface area contributed by atoms with Gasteiger partial charge >= 0.3 is 0 Å². The monoisotopic (exact) mass is 380 g/mol. The number of benzene rings is 2. The number of hydrogen-bond donors (Lipinski definition) is 0. The van der Waals surface area contributed by atoms with Crippen LogP contribution in [0, 0.1) is 0 Å². The number of nitrogens with zero attached hydrogens (tertiary/aromatic N) is 2. The lowest BCUT2D eigenvalue weighted by Gasteiger charge is -2.06. The first-order valence-corrected chi connectivity index (χ1v) is 8.04. The molecule has 0 unspecified atom stereocenters. The molecule has 21 heavy (non-hydrogen) atoms. The Balaban J connectivity index is 1.95. The van der Waals surface area contributed by atoms with Crippen molar-refractivity contribution in [2.24, 2.45) is 0 Å². The van der Waals surface area contributed by atoms with Gasteiger partial charge in [0.2, 0.25) is 0 Å². The Kier molecular flexibility index (Phi) is 4.34. The summed E-state index contributed by atoms with van der Waals surface area (Å²) in [6.07, 6.45) is 1.69. The SMILES string of the molecule is ClCc1cnn(-c2ccc(-c3cccc(Br)c3)cc2)c1Cl. The van der Waals surface area contributed by atoms with Crippen LogP contribution in [0.4, 0.5) is 0 Å². The summed E-state index contributed by atoms with van der Waals surface area (Å²) in [5.41, 5.74) is 4.04. The Hall–Kier alpha value is -1.29. The quantitative estimate of drug-likeness (QED) is 0.532. The highest BCUT2D eigenvalue weighted by molar-refractivity contribution is 9.10. The second kappa shape index (κ2) is 6.22. The van der Waals surface area contributed by atoms with Crippen molar-refractivity contribution >= 4 is 39.1 Å². The lowest BCUT2D eigenvalue weighted by Crippen LogP contribution is -1.96. The van der Waals surface area contributed by atoms with E-state index in [1.807, 2.05) is 24.3 Å². The molecule has 0 fully saturated rings. The maximum Gasteiger partial charge on any atom is 0.137 e. The minimum Gasteiger partial charge on any atom is -0.222 e. The van der Waals surface area contributed by atoms with Crippen LogP contribution in [0.2, 0.25) is 5.15 Å². The van der Waals surface area contributed by atoms with Crippen molar-refractivity contribution in [3.8, 4) is 16.8 Å². The molecular formula is C16H11BrCl2N2. The van der Waals surface area contributed by atoms with Crippen molar-refractivity contribution in [3.63, 3.8) is 0 Å². The predicted molar refractivity (Wildman–Crippen MR) is 91.3 cm³/mol. The Bertz CT molecular complexity index is 766. The van der Waals surface area contributed by atoms with Gasteiger partial charge in [0.05, 0.1) is 17.8 Å². The van der Waals surface area contributed by atoms with Crippen LogP contribution < -0.4 is 0 Å². The van der Waals surface area contributed by atoms with E-state index in [1.54, 1.807) is 10.9 Å². The van der Waals surface area contributed by atoms with Crippen molar-refractivity contribution < 1.29 is 0 Å². The van der Waals surface area contributed by atoms with E-state index in [0.717, 1.165) is 26.9 Å². The molecule has 0 aliphatic heterocycles. The Morgan fingerprint density at radius 3 is 2.43 bits per heavy atom. The summed E-state index contributed by atoms with van der Waals surface area (Å²) in [6, 6.07) is 16.3. The normalized spacial score (nSPS) is 10.8. The van der Waals surface area contributed by atoms with E-state index < -0.39 is 0 Å². The molecule has 0 N–H and O–H groups in total. The van der Waals surface area contributed by atoms with Crippen LogP contribution in [-0.2, 0) is 5.88 Å². The van der Waals surface area contributed by atoms with Crippen LogP contribution in [0.5, 0.6) is 0 Å². The molecule has 0 amide bonds. The Labute approximate surface area is 141 Å². The molecule has 2 nitrogen and oxygen atoms in total. The summed E-state index contributed by atoms with van der Waals surface area (Å²) < 4.78 is 2.75. The molecule has 0 aliphatic carbocycles. The standard InChI is InChI=1S/C16H11BrCl2N2/c17-14-3-1-2-12(8-14)11-4-6-15(7-5-11)21-16(19)13(9-18)10-20-21/h1-8,10H,9H2. The number of alkyl halides is 1. The molecular weight excluding hydrogens is 371 g/mol. The summed E-state index contributed by atoms with van der Waals surface area (Å²) in [6.45, 7) is 0. The van der Waals surface area contributed by atoms with Gasteiger partial charge in [-0.25, -0.2) is 4.68 Å². The second-order valence-corrected chi connectivity index (χ2v) is 6.10. The lowest BCUT2D eigenvalue weighted by atomic mass is 10.1. The average molecular weight is 382 g/mol. The maximum atomic E-state index is 6.25. The van der Waals surface area contributed by atoms with Crippen molar-refractivity contribution in [2.75, 3.05) is 0 Å². The maximum absolute atomic E-state index is 6.25. The number of hydrogen-bond acceptors (Lipinski definition) is 1. The van der Waals surface area contributed by atoms with Crippen molar-refractivity contribution in [2.45, 2.75) is 5.88 Å². The summed E-state index contributed by atoms with van der Waals surface area (Å²) >= 11 is 15.5. The van der Waals surface area contributed by atoms with E-state index in [9.17, 15) is 0 Å². The van der Waals surface area contributed by atoms with Gasteiger partial charge in [0, 0.05) is 10.0 Å². The zero-order valence-electron chi connectivity index (χ0n) is 10.9. The zero-order chi connectivity index (χ0) is 14.8. The van der Waals surface area contributed by atoms with Crippen molar-refractivity contribution in [1.82, 2.24) is 9.78 Å². The van der Waals surface area contributed by atoms with Gasteiger partial charge in [-0.3, -0.25) is 0 Å². The Morgan fingerprint density at radius 1 is 1.05 bits per heavy atom. The van der Waals surface area contributed by atoms with Crippen LogP contribution >= 0.6 is 39.1 Å². The summed E-state index contributed by atoms with van der Waals surface area (Å²) in [4.78, 5) is 0. The molecule has 3 rings (SSSR count). The van der Waals surface area contributed by atoms with Gasteiger partial charge in [0.25, 0.3) is 0 Å². The molecule has 106 valence electrons. The first-order valence-electron chi connectivity index (χ1n) is 6.34. The average Bonchev–Trinajstić information content (AvgIpc) is 2.88. The lowest BCUT2D eigenvalue weighted by molar-refractivity contribution is 0.881. The van der Waals surface area contributed by atoms with Crippen molar-refractivity contribution in [1.29, 1.82) is 0 Å². The van der Waals surface area contributed by atoms with Gasteiger partial charge in [-0.1, -0.05) is 51.8 Å². The number of halogens is 3. The van der Waals surface area contributed by atoms with E-state index in [4.69, 9.17) is 23.2 Å². The van der Waals surface area contributed by atoms with Crippen molar-refractivity contribution in [3.05, 3.63) is 69.9 Å². The van der Waals surface area contributed by atoms with Gasteiger partial charge in [-0.2, -0.15) is 5.10 Å². The largest absolute Gasteiger partial charge is 0.222 e. The fraction of sp³-hybridized carbons (Fsp3) is 0.0625. The molecule has 1 heterocycles. The van der Waals surface area contributed by atoms with Gasteiger partial charge in [-0.05, 0) is 35.4 Å². The van der Waals surface area contributed by atoms with Gasteiger partial charge in [0.1, 0.15) is 5.15 Å². The van der Waals surface area contributed by atoms with Gasteiger partial charge in [0.15, 0.2) is 0 Å². The van der Waals surface area contributed by atoms with Gasteiger partial charge in [-0.15, -0.1) is 11.6 Å². The van der Waals surface area contributed by atoms with E-state index in [1.165, 1.54) is 0 Å². The molecule has 3 aromatic rings. The fourth-order valence-corrected chi connectivity index (χ4v) is 3.02. The number of rotatable bonds is 3. The summed E-state index contributed by atoms with van der Waals surface area (Å²) in [5, 5.41) is 4.82.